The van der Waals surface area contributed by atoms with Gasteiger partial charge in [-0.1, -0.05) is 29.8 Å². The molecule has 152 valence electrons. The van der Waals surface area contributed by atoms with Crippen molar-refractivity contribution in [1.29, 1.82) is 0 Å². The summed E-state index contributed by atoms with van der Waals surface area (Å²) < 4.78 is 10.8. The number of carbonyl (C=O) groups is 2. The van der Waals surface area contributed by atoms with Crippen LogP contribution in [0.2, 0.25) is 5.02 Å². The second-order valence-electron chi connectivity index (χ2n) is 6.27. The van der Waals surface area contributed by atoms with E-state index in [0.29, 0.717) is 22.1 Å². The molecule has 0 fully saturated rings. The molecular weight excluding hydrogens is 404 g/mol. The zero-order valence-electron chi connectivity index (χ0n) is 16.1. The lowest BCUT2D eigenvalue weighted by Crippen LogP contribution is -2.33. The zero-order chi connectivity index (χ0) is 21.3. The molecule has 7 heteroatoms. The lowest BCUT2D eigenvalue weighted by Gasteiger charge is -2.12. The minimum atomic E-state index is -0.733. The number of hydrogen-bond acceptors (Lipinski definition) is 5. The van der Waals surface area contributed by atoms with E-state index in [1.54, 1.807) is 79.7 Å². The summed E-state index contributed by atoms with van der Waals surface area (Å²) in [4.78, 5) is 24.1. The lowest BCUT2D eigenvalue weighted by molar-refractivity contribution is -0.127. The predicted molar refractivity (Wildman–Crippen MR) is 115 cm³/mol. The number of rotatable bonds is 7. The molecule has 1 N–H and O–H groups in total. The minimum Gasteiger partial charge on any atom is -0.481 e. The van der Waals surface area contributed by atoms with Gasteiger partial charge in [-0.15, -0.1) is 0 Å². The van der Waals surface area contributed by atoms with E-state index in [9.17, 15) is 9.59 Å². The molecule has 0 aliphatic rings. The van der Waals surface area contributed by atoms with Gasteiger partial charge in [0, 0.05) is 5.02 Å². The average molecular weight is 423 g/mol. The Labute approximate surface area is 179 Å². The number of esters is 1. The highest BCUT2D eigenvalue weighted by Crippen LogP contribution is 2.17. The van der Waals surface area contributed by atoms with Gasteiger partial charge in [0.1, 0.15) is 11.5 Å². The molecule has 0 aromatic heterocycles. The second kappa shape index (κ2) is 10.2. The minimum absolute atomic E-state index is 0.394. The maximum Gasteiger partial charge on any atom is 0.343 e. The first kappa shape index (κ1) is 21.1. The Balaban J connectivity index is 1.49. The fraction of sp³-hybridized carbons (Fsp3) is 0.0870. The largest absolute Gasteiger partial charge is 0.481 e. The van der Waals surface area contributed by atoms with E-state index in [1.165, 1.54) is 6.21 Å². The molecule has 0 aliphatic carbocycles. The molecule has 1 unspecified atom stereocenters. The van der Waals surface area contributed by atoms with E-state index in [0.717, 1.165) is 5.56 Å². The second-order valence-corrected chi connectivity index (χ2v) is 6.71. The van der Waals surface area contributed by atoms with Crippen LogP contribution >= 0.6 is 11.6 Å². The van der Waals surface area contributed by atoms with Gasteiger partial charge in [0.05, 0.1) is 11.8 Å². The van der Waals surface area contributed by atoms with E-state index >= 15 is 0 Å². The number of ether oxygens (including phenoxy) is 2. The number of benzene rings is 3. The van der Waals surface area contributed by atoms with Gasteiger partial charge in [0.25, 0.3) is 5.91 Å². The van der Waals surface area contributed by atoms with E-state index in [-0.39, 0.29) is 0 Å². The highest BCUT2D eigenvalue weighted by molar-refractivity contribution is 6.30. The number of nitrogens with one attached hydrogen (secondary N) is 1. The van der Waals surface area contributed by atoms with Crippen molar-refractivity contribution < 1.29 is 19.1 Å². The summed E-state index contributed by atoms with van der Waals surface area (Å²) in [6.07, 6.45) is 0.749. The first-order valence-electron chi connectivity index (χ1n) is 9.14. The van der Waals surface area contributed by atoms with Crippen LogP contribution in [-0.4, -0.2) is 24.2 Å². The molecule has 6 nitrogen and oxygen atoms in total. The fourth-order valence-corrected chi connectivity index (χ4v) is 2.52. The van der Waals surface area contributed by atoms with Crippen molar-refractivity contribution in [3.63, 3.8) is 0 Å². The van der Waals surface area contributed by atoms with Crippen LogP contribution in [0.3, 0.4) is 0 Å². The van der Waals surface area contributed by atoms with E-state index < -0.39 is 18.0 Å². The molecule has 0 spiro atoms. The predicted octanol–water partition coefficient (Wildman–Crippen LogP) is 4.48. The van der Waals surface area contributed by atoms with Crippen LogP contribution in [0.1, 0.15) is 22.8 Å². The summed E-state index contributed by atoms with van der Waals surface area (Å²) in [5.41, 5.74) is 3.62. The number of halogens is 1. The normalized spacial score (nSPS) is 11.7. The first-order valence-corrected chi connectivity index (χ1v) is 9.51. The molecule has 0 aliphatic heterocycles. The summed E-state index contributed by atoms with van der Waals surface area (Å²) in [6.45, 7) is 1.62. The number of carbonyl (C=O) groups excluding carboxylic acids is 2. The molecule has 0 bridgehead atoms. The van der Waals surface area contributed by atoms with Crippen LogP contribution in [0.4, 0.5) is 0 Å². The van der Waals surface area contributed by atoms with Crippen molar-refractivity contribution in [2.45, 2.75) is 13.0 Å². The van der Waals surface area contributed by atoms with Gasteiger partial charge in [-0.3, -0.25) is 4.79 Å². The number of hydrogen-bond donors (Lipinski definition) is 1. The molecule has 1 atom stereocenters. The Morgan fingerprint density at radius 1 is 0.933 bits per heavy atom. The Bertz CT molecular complexity index is 1020. The number of amides is 1. The smallest absolute Gasteiger partial charge is 0.343 e. The average Bonchev–Trinajstić information content (AvgIpc) is 2.77. The third-order valence-corrected chi connectivity index (χ3v) is 4.24. The third-order valence-electron chi connectivity index (χ3n) is 3.98. The first-order chi connectivity index (χ1) is 14.5. The summed E-state index contributed by atoms with van der Waals surface area (Å²) in [7, 11) is 0. The fourth-order valence-electron chi connectivity index (χ4n) is 2.39. The van der Waals surface area contributed by atoms with Gasteiger partial charge in [0.15, 0.2) is 6.10 Å². The quantitative estimate of drug-likeness (QED) is 0.263. The molecule has 3 aromatic rings. The molecule has 0 heterocycles. The Kier molecular flexibility index (Phi) is 7.19. The SMILES string of the molecule is CC(Oc1ccc(Cl)cc1)C(=O)N/N=C/c1ccc(OC(=O)c2ccccc2)cc1. The Morgan fingerprint density at radius 3 is 2.23 bits per heavy atom. The summed E-state index contributed by atoms with van der Waals surface area (Å²) in [6, 6.07) is 22.2. The van der Waals surface area contributed by atoms with Gasteiger partial charge < -0.3 is 9.47 Å². The number of nitrogens with zero attached hydrogens (tertiary/aromatic N) is 1. The molecule has 0 saturated carbocycles. The highest BCUT2D eigenvalue weighted by Gasteiger charge is 2.13. The molecule has 3 rings (SSSR count). The zero-order valence-corrected chi connectivity index (χ0v) is 16.9. The van der Waals surface area contributed by atoms with Crippen molar-refractivity contribution >= 4 is 29.7 Å². The summed E-state index contributed by atoms with van der Waals surface area (Å²) in [5, 5.41) is 4.51. The van der Waals surface area contributed by atoms with Crippen molar-refractivity contribution in [3.8, 4) is 11.5 Å². The van der Waals surface area contributed by atoms with E-state index in [2.05, 4.69) is 10.5 Å². The molecular formula is C23H19ClN2O4. The maximum atomic E-state index is 12.1. The summed E-state index contributed by atoms with van der Waals surface area (Å²) in [5.74, 6) is 0.121. The Morgan fingerprint density at radius 2 is 1.57 bits per heavy atom. The van der Waals surface area contributed by atoms with Gasteiger partial charge >= 0.3 is 5.97 Å². The van der Waals surface area contributed by atoms with Crippen molar-refractivity contribution in [3.05, 3.63) is 95.0 Å². The van der Waals surface area contributed by atoms with Crippen LogP contribution in [0.15, 0.2) is 84.0 Å². The molecule has 30 heavy (non-hydrogen) atoms. The monoisotopic (exact) mass is 422 g/mol. The number of hydrazone groups is 1. The molecule has 0 radical (unpaired) electrons. The lowest BCUT2D eigenvalue weighted by atomic mass is 10.2. The maximum absolute atomic E-state index is 12.1. The van der Waals surface area contributed by atoms with Crippen molar-refractivity contribution in [2.24, 2.45) is 5.10 Å². The van der Waals surface area contributed by atoms with Crippen LogP contribution < -0.4 is 14.9 Å². The van der Waals surface area contributed by atoms with Gasteiger partial charge in [-0.05, 0) is 73.2 Å². The van der Waals surface area contributed by atoms with Gasteiger partial charge in [-0.25, -0.2) is 10.2 Å². The molecule has 1 amide bonds. The van der Waals surface area contributed by atoms with Crippen LogP contribution in [-0.2, 0) is 4.79 Å². The van der Waals surface area contributed by atoms with Crippen LogP contribution in [0.25, 0.3) is 0 Å². The van der Waals surface area contributed by atoms with Crippen LogP contribution in [0.5, 0.6) is 11.5 Å². The van der Waals surface area contributed by atoms with Crippen LogP contribution in [0, 0.1) is 0 Å². The Hall–Kier alpha value is -3.64. The topological polar surface area (TPSA) is 77.0 Å². The van der Waals surface area contributed by atoms with Crippen molar-refractivity contribution in [2.75, 3.05) is 0 Å². The third kappa shape index (κ3) is 6.18. The van der Waals surface area contributed by atoms with Gasteiger partial charge in [0.2, 0.25) is 0 Å². The molecule has 0 saturated heterocycles. The highest BCUT2D eigenvalue weighted by atomic mass is 35.5. The van der Waals surface area contributed by atoms with Crippen molar-refractivity contribution in [1.82, 2.24) is 5.43 Å². The van der Waals surface area contributed by atoms with E-state index in [4.69, 9.17) is 21.1 Å². The molecule has 3 aromatic carbocycles. The van der Waals surface area contributed by atoms with E-state index in [1.807, 2.05) is 6.07 Å². The standard InChI is InChI=1S/C23H19ClN2O4/c1-16(29-20-13-9-19(24)10-14-20)22(27)26-25-15-17-7-11-21(12-8-17)30-23(28)18-5-3-2-4-6-18/h2-16H,1H3,(H,26,27)/b25-15+. The van der Waals surface area contributed by atoms with Gasteiger partial charge in [-0.2, -0.15) is 5.10 Å². The summed E-state index contributed by atoms with van der Waals surface area (Å²) >= 11 is 5.82.